The van der Waals surface area contributed by atoms with E-state index in [-0.39, 0.29) is 21.0 Å². The van der Waals surface area contributed by atoms with Crippen LogP contribution < -0.4 is 5.32 Å². The molecule has 0 radical (unpaired) electrons. The number of halogens is 3. The third-order valence-electron chi connectivity index (χ3n) is 2.00. The molecule has 0 aromatic heterocycles. The van der Waals surface area contributed by atoms with E-state index in [1.165, 1.54) is 24.0 Å². The highest BCUT2D eigenvalue weighted by molar-refractivity contribution is 9.10. The normalized spacial score (nSPS) is 17.7. The number of rotatable bonds is 2. The fourth-order valence-corrected chi connectivity index (χ4v) is 2.30. The fourth-order valence-electron chi connectivity index (χ4n) is 1.16. The summed E-state index contributed by atoms with van der Waals surface area (Å²) in [5.74, 6) is -0.293. The van der Waals surface area contributed by atoms with Gasteiger partial charge in [-0.25, -0.2) is 4.39 Å². The first-order chi connectivity index (χ1) is 8.58. The summed E-state index contributed by atoms with van der Waals surface area (Å²) in [4.78, 5) is 10.9. The highest BCUT2D eigenvalue weighted by atomic mass is 79.9. The Morgan fingerprint density at radius 3 is 3.00 bits per heavy atom. The first kappa shape index (κ1) is 13.5. The summed E-state index contributed by atoms with van der Waals surface area (Å²) in [5, 5.41) is 10.7. The van der Waals surface area contributed by atoms with Gasteiger partial charge in [-0.1, -0.05) is 23.4 Å². The first-order valence-electron chi connectivity index (χ1n) is 4.75. The van der Waals surface area contributed by atoms with Gasteiger partial charge in [0.05, 0.1) is 21.5 Å². The Morgan fingerprint density at radius 2 is 2.33 bits per heavy atom. The topological polar surface area (TPSA) is 53.8 Å². The van der Waals surface area contributed by atoms with Crippen molar-refractivity contribution < 1.29 is 9.18 Å². The highest BCUT2D eigenvalue weighted by Crippen LogP contribution is 2.26. The number of hydrogen-bond acceptors (Lipinski definition) is 4. The molecule has 1 aromatic carbocycles. The number of amidine groups is 1. The van der Waals surface area contributed by atoms with Gasteiger partial charge in [0.2, 0.25) is 5.91 Å². The summed E-state index contributed by atoms with van der Waals surface area (Å²) in [6, 6.07) is 3.04. The minimum Gasteiger partial charge on any atom is -0.303 e. The molecule has 2 rings (SSSR count). The van der Waals surface area contributed by atoms with Crippen molar-refractivity contribution in [1.29, 1.82) is 0 Å². The Bertz CT molecular complexity index is 564. The van der Waals surface area contributed by atoms with E-state index in [2.05, 4.69) is 31.4 Å². The average molecular weight is 351 g/mol. The fraction of sp³-hybridized carbons (Fsp3) is 0.100. The first-order valence-corrected chi connectivity index (χ1v) is 6.91. The van der Waals surface area contributed by atoms with Crippen molar-refractivity contribution in [2.75, 3.05) is 5.75 Å². The predicted octanol–water partition coefficient (Wildman–Crippen LogP) is 2.79. The lowest BCUT2D eigenvalue weighted by Gasteiger charge is -2.00. The molecule has 4 nitrogen and oxygen atoms in total. The van der Waals surface area contributed by atoms with E-state index in [4.69, 9.17) is 11.6 Å². The number of hydrogen-bond donors (Lipinski definition) is 1. The van der Waals surface area contributed by atoms with Crippen molar-refractivity contribution >= 4 is 56.6 Å². The number of amides is 1. The zero-order valence-corrected chi connectivity index (χ0v) is 11.9. The maximum atomic E-state index is 13.7. The summed E-state index contributed by atoms with van der Waals surface area (Å²) in [7, 11) is 0. The van der Waals surface area contributed by atoms with Crippen LogP contribution in [-0.2, 0) is 4.79 Å². The van der Waals surface area contributed by atoms with Crippen LogP contribution in [0.5, 0.6) is 0 Å². The van der Waals surface area contributed by atoms with E-state index in [1.54, 1.807) is 6.07 Å². The monoisotopic (exact) mass is 349 g/mol. The zero-order valence-electron chi connectivity index (χ0n) is 8.78. The zero-order chi connectivity index (χ0) is 13.1. The minimum absolute atomic E-state index is 0.116. The van der Waals surface area contributed by atoms with E-state index >= 15 is 0 Å². The van der Waals surface area contributed by atoms with Gasteiger partial charge in [0, 0.05) is 5.56 Å². The smallest absolute Gasteiger partial charge is 0.236 e. The molecule has 0 aliphatic carbocycles. The van der Waals surface area contributed by atoms with Gasteiger partial charge in [0.1, 0.15) is 5.82 Å². The number of carbonyl (C=O) groups excluding carboxylic acids is 1. The number of nitrogens with one attached hydrogen (secondary N) is 1. The maximum absolute atomic E-state index is 13.7. The highest BCUT2D eigenvalue weighted by Gasteiger charge is 2.16. The second-order valence-corrected chi connectivity index (χ2v) is 5.42. The van der Waals surface area contributed by atoms with Gasteiger partial charge < -0.3 is 5.32 Å². The van der Waals surface area contributed by atoms with Gasteiger partial charge in [-0.05, 0) is 28.1 Å². The summed E-state index contributed by atoms with van der Waals surface area (Å²) in [5.41, 5.74) is 0.255. The largest absolute Gasteiger partial charge is 0.303 e. The summed E-state index contributed by atoms with van der Waals surface area (Å²) in [6.07, 6.45) is 1.26. The lowest BCUT2D eigenvalue weighted by atomic mass is 10.2. The Hall–Kier alpha value is -0.920. The Balaban J connectivity index is 2.15. The van der Waals surface area contributed by atoms with Crippen molar-refractivity contribution in [2.45, 2.75) is 0 Å². The average Bonchev–Trinajstić information content (AvgIpc) is 2.75. The molecule has 0 bridgehead atoms. The van der Waals surface area contributed by atoms with Gasteiger partial charge in [-0.15, -0.1) is 5.10 Å². The number of benzene rings is 1. The lowest BCUT2D eigenvalue weighted by Crippen LogP contribution is -2.19. The van der Waals surface area contributed by atoms with Crippen LogP contribution in [0, 0.1) is 5.82 Å². The van der Waals surface area contributed by atoms with Gasteiger partial charge in [0.25, 0.3) is 0 Å². The summed E-state index contributed by atoms with van der Waals surface area (Å²) < 4.78 is 13.9. The van der Waals surface area contributed by atoms with Crippen LogP contribution in [0.4, 0.5) is 4.39 Å². The molecule has 0 spiro atoms. The maximum Gasteiger partial charge on any atom is 0.236 e. The van der Waals surface area contributed by atoms with E-state index in [0.29, 0.717) is 10.9 Å². The second-order valence-electron chi connectivity index (χ2n) is 3.25. The molecule has 18 heavy (non-hydrogen) atoms. The third-order valence-corrected chi connectivity index (χ3v) is 4.18. The van der Waals surface area contributed by atoms with Crippen molar-refractivity contribution in [2.24, 2.45) is 10.2 Å². The molecule has 1 amide bonds. The van der Waals surface area contributed by atoms with Crippen LogP contribution in [0.1, 0.15) is 5.56 Å². The number of carbonyl (C=O) groups is 1. The van der Waals surface area contributed by atoms with Gasteiger partial charge in [0.15, 0.2) is 5.17 Å². The van der Waals surface area contributed by atoms with Gasteiger partial charge in [-0.2, -0.15) is 5.10 Å². The predicted molar refractivity (Wildman–Crippen MR) is 74.7 cm³/mol. The van der Waals surface area contributed by atoms with Crippen molar-refractivity contribution in [3.63, 3.8) is 0 Å². The Kier molecular flexibility index (Phi) is 4.36. The van der Waals surface area contributed by atoms with E-state index in [9.17, 15) is 9.18 Å². The molecule has 1 saturated heterocycles. The Labute approximate surface area is 120 Å². The standard InChI is InChI=1S/C10H6BrClFN3OS/c11-8-6(12)2-1-5(9(8)13)3-14-16-10-15-7(17)4-18-10/h1-3H,4H2,(H,15,16,17). The molecule has 0 unspecified atom stereocenters. The van der Waals surface area contributed by atoms with E-state index in [1.807, 2.05) is 0 Å². The minimum atomic E-state index is -0.505. The van der Waals surface area contributed by atoms with Gasteiger partial charge >= 0.3 is 0 Å². The molecule has 0 saturated carbocycles. The summed E-state index contributed by atoms with van der Waals surface area (Å²) in [6.45, 7) is 0. The molecule has 1 aliphatic rings. The second kappa shape index (κ2) is 5.81. The molecular weight excluding hydrogens is 345 g/mol. The van der Waals surface area contributed by atoms with Crippen LogP contribution in [0.2, 0.25) is 5.02 Å². The molecule has 1 aliphatic heterocycles. The SMILES string of the molecule is O=C1CSC(=NN=Cc2ccc(Cl)c(Br)c2F)N1. The number of nitrogens with zero attached hydrogens (tertiary/aromatic N) is 2. The Morgan fingerprint density at radius 1 is 1.56 bits per heavy atom. The quantitative estimate of drug-likeness (QED) is 0.506. The van der Waals surface area contributed by atoms with Crippen LogP contribution >= 0.6 is 39.3 Å². The molecular formula is C10H6BrClFN3OS. The van der Waals surface area contributed by atoms with Gasteiger partial charge in [-0.3, -0.25) is 4.79 Å². The molecule has 1 aromatic rings. The molecule has 1 fully saturated rings. The molecule has 94 valence electrons. The third kappa shape index (κ3) is 3.09. The summed E-state index contributed by atoms with van der Waals surface area (Å²) >= 11 is 10.0. The lowest BCUT2D eigenvalue weighted by molar-refractivity contribution is -0.116. The molecule has 1 heterocycles. The molecule has 1 N–H and O–H groups in total. The van der Waals surface area contributed by atoms with E-state index < -0.39 is 5.82 Å². The van der Waals surface area contributed by atoms with Crippen LogP contribution in [0.25, 0.3) is 0 Å². The molecule has 8 heteroatoms. The van der Waals surface area contributed by atoms with Crippen LogP contribution in [0.15, 0.2) is 26.8 Å². The van der Waals surface area contributed by atoms with Crippen molar-refractivity contribution in [1.82, 2.24) is 5.32 Å². The van der Waals surface area contributed by atoms with Crippen molar-refractivity contribution in [3.05, 3.63) is 33.0 Å². The van der Waals surface area contributed by atoms with E-state index in [0.717, 1.165) is 0 Å². The van der Waals surface area contributed by atoms with Crippen LogP contribution in [0.3, 0.4) is 0 Å². The van der Waals surface area contributed by atoms with Crippen molar-refractivity contribution in [3.8, 4) is 0 Å². The molecule has 0 atom stereocenters. The number of thioether (sulfide) groups is 1. The van der Waals surface area contributed by atoms with Crippen LogP contribution in [-0.4, -0.2) is 23.0 Å².